The standard InChI is InChI=1S/C13H9N5/c1-2-10(12-7-14-4-5-16-12)6-11(3-1)13-17-8-15-9-18-13/h1-9H. The molecule has 0 saturated carbocycles. The monoisotopic (exact) mass is 235 g/mol. The molecule has 0 aliphatic carbocycles. The molecule has 0 radical (unpaired) electrons. The third kappa shape index (κ3) is 2.06. The topological polar surface area (TPSA) is 64.5 Å². The van der Waals surface area contributed by atoms with Crippen LogP contribution in [-0.2, 0) is 0 Å². The summed E-state index contributed by atoms with van der Waals surface area (Å²) in [6.07, 6.45) is 8.02. The van der Waals surface area contributed by atoms with Crippen molar-refractivity contribution in [2.75, 3.05) is 0 Å². The molecule has 1 aromatic carbocycles. The zero-order chi connectivity index (χ0) is 12.2. The first kappa shape index (κ1) is 10.5. The van der Waals surface area contributed by atoms with E-state index in [1.165, 1.54) is 12.7 Å². The molecule has 0 spiro atoms. The van der Waals surface area contributed by atoms with Crippen molar-refractivity contribution in [3.8, 4) is 22.6 Å². The van der Waals surface area contributed by atoms with Crippen LogP contribution in [0.15, 0.2) is 55.5 Å². The molecule has 5 nitrogen and oxygen atoms in total. The molecule has 0 aliphatic heterocycles. The van der Waals surface area contributed by atoms with Crippen molar-refractivity contribution in [1.82, 2.24) is 24.9 Å². The molecule has 3 aromatic rings. The molecule has 2 aromatic heterocycles. The summed E-state index contributed by atoms with van der Waals surface area (Å²) < 4.78 is 0. The molecular weight excluding hydrogens is 226 g/mol. The first-order chi connectivity index (χ1) is 8.93. The molecule has 3 rings (SSSR count). The lowest BCUT2D eigenvalue weighted by molar-refractivity contribution is 1.06. The van der Waals surface area contributed by atoms with Gasteiger partial charge in [-0.3, -0.25) is 9.97 Å². The zero-order valence-corrected chi connectivity index (χ0v) is 9.43. The lowest BCUT2D eigenvalue weighted by atomic mass is 10.1. The minimum Gasteiger partial charge on any atom is -0.261 e. The molecule has 0 saturated heterocycles. The Bertz CT molecular complexity index is 585. The van der Waals surface area contributed by atoms with Gasteiger partial charge in [-0.1, -0.05) is 18.2 Å². The minimum absolute atomic E-state index is 0.649. The summed E-state index contributed by atoms with van der Waals surface area (Å²) in [6.45, 7) is 0. The summed E-state index contributed by atoms with van der Waals surface area (Å²) in [6, 6.07) is 7.87. The average Bonchev–Trinajstić information content (AvgIpc) is 2.49. The van der Waals surface area contributed by atoms with E-state index in [9.17, 15) is 0 Å². The van der Waals surface area contributed by atoms with E-state index in [1.807, 2.05) is 24.3 Å². The molecular formula is C13H9N5. The van der Waals surface area contributed by atoms with Crippen molar-refractivity contribution in [3.05, 3.63) is 55.5 Å². The highest BCUT2D eigenvalue weighted by Gasteiger charge is 2.03. The van der Waals surface area contributed by atoms with E-state index < -0.39 is 0 Å². The predicted molar refractivity (Wildman–Crippen MR) is 66.3 cm³/mol. The van der Waals surface area contributed by atoms with E-state index in [4.69, 9.17) is 0 Å². The highest BCUT2D eigenvalue weighted by molar-refractivity contribution is 5.67. The fraction of sp³-hybridized carbons (Fsp3) is 0. The molecule has 0 fully saturated rings. The molecule has 0 atom stereocenters. The number of aromatic nitrogens is 5. The van der Waals surface area contributed by atoms with Crippen LogP contribution in [0.25, 0.3) is 22.6 Å². The van der Waals surface area contributed by atoms with Crippen LogP contribution in [-0.4, -0.2) is 24.9 Å². The molecule has 0 N–H and O–H groups in total. The van der Waals surface area contributed by atoms with E-state index in [1.54, 1.807) is 18.6 Å². The van der Waals surface area contributed by atoms with Gasteiger partial charge < -0.3 is 0 Å². The number of hydrogen-bond donors (Lipinski definition) is 0. The summed E-state index contributed by atoms with van der Waals surface area (Å²) >= 11 is 0. The molecule has 18 heavy (non-hydrogen) atoms. The highest BCUT2D eigenvalue weighted by Crippen LogP contribution is 2.21. The van der Waals surface area contributed by atoms with Crippen LogP contribution < -0.4 is 0 Å². The van der Waals surface area contributed by atoms with Gasteiger partial charge in [-0.2, -0.15) is 0 Å². The molecule has 2 heterocycles. The summed E-state index contributed by atoms with van der Waals surface area (Å²) in [5, 5.41) is 0. The number of rotatable bonds is 2. The van der Waals surface area contributed by atoms with Gasteiger partial charge >= 0.3 is 0 Å². The lowest BCUT2D eigenvalue weighted by Crippen LogP contribution is -1.90. The van der Waals surface area contributed by atoms with Crippen molar-refractivity contribution >= 4 is 0 Å². The Labute approximate surface area is 104 Å². The maximum atomic E-state index is 4.27. The SMILES string of the molecule is c1cc(-c2cnccn2)cc(-c2ncncn2)c1. The number of benzene rings is 1. The quantitative estimate of drug-likeness (QED) is 0.679. The Kier molecular flexibility index (Phi) is 2.71. The fourth-order valence-corrected chi connectivity index (χ4v) is 1.65. The molecule has 0 amide bonds. The van der Waals surface area contributed by atoms with Gasteiger partial charge in [0.15, 0.2) is 5.82 Å². The normalized spacial score (nSPS) is 10.2. The van der Waals surface area contributed by atoms with Crippen LogP contribution in [0.3, 0.4) is 0 Å². The van der Waals surface area contributed by atoms with Gasteiger partial charge in [0.25, 0.3) is 0 Å². The van der Waals surface area contributed by atoms with E-state index in [-0.39, 0.29) is 0 Å². The van der Waals surface area contributed by atoms with E-state index >= 15 is 0 Å². The van der Waals surface area contributed by atoms with Crippen LogP contribution in [0.4, 0.5) is 0 Å². The van der Waals surface area contributed by atoms with Gasteiger partial charge in [0.05, 0.1) is 11.9 Å². The maximum Gasteiger partial charge on any atom is 0.162 e. The van der Waals surface area contributed by atoms with Crippen molar-refractivity contribution in [2.24, 2.45) is 0 Å². The lowest BCUT2D eigenvalue weighted by Gasteiger charge is -2.03. The smallest absolute Gasteiger partial charge is 0.162 e. The summed E-state index contributed by atoms with van der Waals surface area (Å²) in [7, 11) is 0. The Morgan fingerprint density at radius 3 is 2.39 bits per heavy atom. The third-order valence-corrected chi connectivity index (χ3v) is 2.47. The Morgan fingerprint density at radius 1 is 0.778 bits per heavy atom. The van der Waals surface area contributed by atoms with Gasteiger partial charge in [-0.25, -0.2) is 15.0 Å². The number of nitrogens with zero attached hydrogens (tertiary/aromatic N) is 5. The van der Waals surface area contributed by atoms with Gasteiger partial charge in [0.2, 0.25) is 0 Å². The molecule has 0 unspecified atom stereocenters. The van der Waals surface area contributed by atoms with Crippen molar-refractivity contribution < 1.29 is 0 Å². The molecule has 5 heteroatoms. The van der Waals surface area contributed by atoms with Crippen LogP contribution in [0, 0.1) is 0 Å². The minimum atomic E-state index is 0.649. The van der Waals surface area contributed by atoms with Gasteiger partial charge in [0.1, 0.15) is 12.7 Å². The molecule has 0 bridgehead atoms. The van der Waals surface area contributed by atoms with Gasteiger partial charge in [0, 0.05) is 23.5 Å². The van der Waals surface area contributed by atoms with Crippen LogP contribution in [0.2, 0.25) is 0 Å². The maximum absolute atomic E-state index is 4.27. The third-order valence-electron chi connectivity index (χ3n) is 2.47. The number of hydrogen-bond acceptors (Lipinski definition) is 5. The van der Waals surface area contributed by atoms with Crippen LogP contribution in [0.1, 0.15) is 0 Å². The van der Waals surface area contributed by atoms with Crippen molar-refractivity contribution in [1.29, 1.82) is 0 Å². The largest absolute Gasteiger partial charge is 0.261 e. The predicted octanol–water partition coefficient (Wildman–Crippen LogP) is 2.00. The Hall–Kier alpha value is -2.69. The molecule has 0 aliphatic rings. The van der Waals surface area contributed by atoms with Crippen molar-refractivity contribution in [3.63, 3.8) is 0 Å². The first-order valence-corrected chi connectivity index (χ1v) is 5.42. The van der Waals surface area contributed by atoms with E-state index in [2.05, 4.69) is 24.9 Å². The summed E-state index contributed by atoms with van der Waals surface area (Å²) in [5.41, 5.74) is 2.75. The highest BCUT2D eigenvalue weighted by atomic mass is 15.0. The zero-order valence-electron chi connectivity index (χ0n) is 9.43. The first-order valence-electron chi connectivity index (χ1n) is 5.42. The fourth-order valence-electron chi connectivity index (χ4n) is 1.65. The second-order valence-electron chi connectivity index (χ2n) is 3.63. The molecule has 86 valence electrons. The van der Waals surface area contributed by atoms with E-state index in [0.29, 0.717) is 5.82 Å². The Balaban J connectivity index is 2.05. The van der Waals surface area contributed by atoms with E-state index in [0.717, 1.165) is 16.8 Å². The summed E-state index contributed by atoms with van der Waals surface area (Å²) in [4.78, 5) is 20.4. The van der Waals surface area contributed by atoms with Crippen LogP contribution in [0.5, 0.6) is 0 Å². The average molecular weight is 235 g/mol. The Morgan fingerprint density at radius 2 is 1.61 bits per heavy atom. The summed E-state index contributed by atoms with van der Waals surface area (Å²) in [5.74, 6) is 0.649. The second kappa shape index (κ2) is 4.67. The second-order valence-corrected chi connectivity index (χ2v) is 3.63. The van der Waals surface area contributed by atoms with Gasteiger partial charge in [-0.15, -0.1) is 0 Å². The van der Waals surface area contributed by atoms with Gasteiger partial charge in [-0.05, 0) is 6.07 Å². The van der Waals surface area contributed by atoms with Crippen LogP contribution >= 0.6 is 0 Å². The van der Waals surface area contributed by atoms with Crippen molar-refractivity contribution in [2.45, 2.75) is 0 Å².